The summed E-state index contributed by atoms with van der Waals surface area (Å²) >= 11 is 0. The molecule has 1 amide bonds. The molecule has 1 aliphatic rings. The normalized spacial score (nSPS) is 22.8. The Bertz CT molecular complexity index is 433. The van der Waals surface area contributed by atoms with Crippen LogP contribution in [-0.2, 0) is 0 Å². The van der Waals surface area contributed by atoms with Crippen molar-refractivity contribution in [1.29, 1.82) is 0 Å². The van der Waals surface area contributed by atoms with Gasteiger partial charge in [-0.05, 0) is 24.3 Å². The number of nitrogens with zero attached hydrogens (tertiary/aromatic N) is 1. The Morgan fingerprint density at radius 3 is 2.95 bits per heavy atom. The highest BCUT2D eigenvalue weighted by atomic mass is 16.1. The van der Waals surface area contributed by atoms with Gasteiger partial charge in [-0.25, -0.2) is 0 Å². The first-order chi connectivity index (χ1) is 9.22. The molecule has 0 aromatic carbocycles. The average Bonchev–Trinajstić information content (AvgIpc) is 2.46. The third kappa shape index (κ3) is 3.46. The number of hydrogen-bond donors (Lipinski definition) is 2. The molecule has 104 valence electrons. The van der Waals surface area contributed by atoms with Gasteiger partial charge in [0.15, 0.2) is 0 Å². The molecule has 1 saturated carbocycles. The van der Waals surface area contributed by atoms with E-state index in [1.165, 1.54) is 25.7 Å². The van der Waals surface area contributed by atoms with Crippen LogP contribution in [0.1, 0.15) is 43.0 Å². The van der Waals surface area contributed by atoms with Crippen LogP contribution in [0.2, 0.25) is 0 Å². The second-order valence-corrected chi connectivity index (χ2v) is 5.40. The molecule has 1 heterocycles. The van der Waals surface area contributed by atoms with Crippen LogP contribution in [0.15, 0.2) is 18.5 Å². The van der Waals surface area contributed by atoms with Crippen LogP contribution in [-0.4, -0.2) is 24.5 Å². The van der Waals surface area contributed by atoms with Crippen molar-refractivity contribution < 1.29 is 4.79 Å². The number of carbonyl (C=O) groups excluding carboxylic acids is 1. The zero-order chi connectivity index (χ0) is 13.7. The molecule has 2 atom stereocenters. The van der Waals surface area contributed by atoms with Gasteiger partial charge in [0.05, 0.1) is 5.56 Å². The van der Waals surface area contributed by atoms with Crippen LogP contribution in [0.25, 0.3) is 0 Å². The van der Waals surface area contributed by atoms with Crippen molar-refractivity contribution in [3.05, 3.63) is 24.0 Å². The number of carbonyl (C=O) groups is 1. The predicted octanol–water partition coefficient (Wildman–Crippen LogP) is 2.68. The molecule has 19 heavy (non-hydrogen) atoms. The largest absolute Gasteiger partial charge is 0.387 e. The number of rotatable bonds is 4. The molecule has 0 spiro atoms. The van der Waals surface area contributed by atoms with Gasteiger partial charge in [-0.2, -0.15) is 0 Å². The van der Waals surface area contributed by atoms with Crippen molar-refractivity contribution in [2.45, 2.75) is 32.6 Å². The van der Waals surface area contributed by atoms with E-state index >= 15 is 0 Å². The van der Waals surface area contributed by atoms with Gasteiger partial charge in [-0.1, -0.05) is 26.2 Å². The van der Waals surface area contributed by atoms with Gasteiger partial charge in [0.25, 0.3) is 5.91 Å². The maximum absolute atomic E-state index is 12.2. The zero-order valence-electron chi connectivity index (χ0n) is 11.8. The lowest BCUT2D eigenvalue weighted by molar-refractivity contribution is 0.0937. The fraction of sp³-hybridized carbons (Fsp3) is 0.600. The van der Waals surface area contributed by atoms with E-state index in [-0.39, 0.29) is 5.91 Å². The number of aromatic nitrogens is 1. The topological polar surface area (TPSA) is 54.0 Å². The summed E-state index contributed by atoms with van der Waals surface area (Å²) < 4.78 is 0. The van der Waals surface area contributed by atoms with Gasteiger partial charge in [0, 0.05) is 31.7 Å². The smallest absolute Gasteiger partial charge is 0.254 e. The quantitative estimate of drug-likeness (QED) is 0.876. The average molecular weight is 261 g/mol. The Hall–Kier alpha value is -1.58. The van der Waals surface area contributed by atoms with Gasteiger partial charge in [-0.15, -0.1) is 0 Å². The Kier molecular flexibility index (Phi) is 4.77. The molecule has 0 bridgehead atoms. The first kappa shape index (κ1) is 13.8. The van der Waals surface area contributed by atoms with E-state index in [0.717, 1.165) is 12.2 Å². The van der Waals surface area contributed by atoms with E-state index in [2.05, 4.69) is 22.5 Å². The molecule has 1 aromatic heterocycles. The van der Waals surface area contributed by atoms with Crippen LogP contribution in [0.4, 0.5) is 5.69 Å². The second-order valence-electron chi connectivity index (χ2n) is 5.40. The van der Waals surface area contributed by atoms with E-state index in [9.17, 15) is 4.79 Å². The molecule has 2 rings (SSSR count). The third-order valence-corrected chi connectivity index (χ3v) is 4.15. The Morgan fingerprint density at radius 1 is 1.42 bits per heavy atom. The monoisotopic (exact) mass is 261 g/mol. The molecular formula is C15H23N3O. The van der Waals surface area contributed by atoms with Gasteiger partial charge < -0.3 is 10.6 Å². The minimum Gasteiger partial charge on any atom is -0.387 e. The molecule has 0 radical (unpaired) electrons. The lowest BCUT2D eigenvalue weighted by Gasteiger charge is -2.28. The van der Waals surface area contributed by atoms with Crippen LogP contribution in [0.5, 0.6) is 0 Å². The van der Waals surface area contributed by atoms with Crippen LogP contribution in [0, 0.1) is 11.8 Å². The summed E-state index contributed by atoms with van der Waals surface area (Å²) in [6.45, 7) is 3.07. The minimum absolute atomic E-state index is 0.0322. The molecule has 4 heteroatoms. The standard InChI is InChI=1S/C15H23N3O/c1-11-5-3-4-6-12(11)9-18-15(19)13-10-17-8-7-14(13)16-2/h7-8,10-12H,3-6,9H2,1-2H3,(H,16,17)(H,18,19). The number of nitrogens with one attached hydrogen (secondary N) is 2. The van der Waals surface area contributed by atoms with Gasteiger partial charge >= 0.3 is 0 Å². The lowest BCUT2D eigenvalue weighted by atomic mass is 9.80. The van der Waals surface area contributed by atoms with E-state index in [1.54, 1.807) is 12.4 Å². The molecule has 1 aromatic rings. The molecule has 1 aliphatic carbocycles. The summed E-state index contributed by atoms with van der Waals surface area (Å²) in [6, 6.07) is 1.82. The second kappa shape index (κ2) is 6.55. The predicted molar refractivity (Wildman–Crippen MR) is 77.2 cm³/mol. The molecule has 2 unspecified atom stereocenters. The summed E-state index contributed by atoms with van der Waals surface area (Å²) in [5, 5.41) is 6.08. The summed E-state index contributed by atoms with van der Waals surface area (Å²) in [4.78, 5) is 16.2. The van der Waals surface area contributed by atoms with Crippen molar-refractivity contribution in [1.82, 2.24) is 10.3 Å². The van der Waals surface area contributed by atoms with E-state index in [4.69, 9.17) is 0 Å². The van der Waals surface area contributed by atoms with E-state index in [1.807, 2.05) is 13.1 Å². The summed E-state index contributed by atoms with van der Waals surface area (Å²) in [7, 11) is 1.81. The maximum Gasteiger partial charge on any atom is 0.254 e. The van der Waals surface area contributed by atoms with Crippen LogP contribution in [0.3, 0.4) is 0 Å². The molecule has 1 fully saturated rings. The fourth-order valence-corrected chi connectivity index (χ4v) is 2.81. The lowest BCUT2D eigenvalue weighted by Crippen LogP contribution is -2.33. The van der Waals surface area contributed by atoms with E-state index in [0.29, 0.717) is 17.4 Å². The number of anilines is 1. The first-order valence-corrected chi connectivity index (χ1v) is 7.12. The Morgan fingerprint density at radius 2 is 2.21 bits per heavy atom. The van der Waals surface area contributed by atoms with Gasteiger partial charge in [0.2, 0.25) is 0 Å². The van der Waals surface area contributed by atoms with Crippen molar-refractivity contribution in [2.24, 2.45) is 11.8 Å². The molecule has 4 nitrogen and oxygen atoms in total. The fourth-order valence-electron chi connectivity index (χ4n) is 2.81. The first-order valence-electron chi connectivity index (χ1n) is 7.12. The van der Waals surface area contributed by atoms with Crippen LogP contribution < -0.4 is 10.6 Å². The van der Waals surface area contributed by atoms with Crippen molar-refractivity contribution >= 4 is 11.6 Å². The van der Waals surface area contributed by atoms with Crippen molar-refractivity contribution in [3.63, 3.8) is 0 Å². The number of pyridine rings is 1. The van der Waals surface area contributed by atoms with E-state index < -0.39 is 0 Å². The maximum atomic E-state index is 12.2. The summed E-state index contributed by atoms with van der Waals surface area (Å²) in [5.74, 6) is 1.30. The summed E-state index contributed by atoms with van der Waals surface area (Å²) in [5.41, 5.74) is 1.44. The SMILES string of the molecule is CNc1ccncc1C(=O)NCC1CCCCC1C. The highest BCUT2D eigenvalue weighted by molar-refractivity contribution is 5.99. The Balaban J connectivity index is 1.93. The number of amides is 1. The molecular weight excluding hydrogens is 238 g/mol. The van der Waals surface area contributed by atoms with Gasteiger partial charge in [-0.3, -0.25) is 9.78 Å². The molecule has 0 aliphatic heterocycles. The van der Waals surface area contributed by atoms with Crippen molar-refractivity contribution in [3.8, 4) is 0 Å². The summed E-state index contributed by atoms with van der Waals surface area (Å²) in [6.07, 6.45) is 8.44. The number of hydrogen-bond acceptors (Lipinski definition) is 3. The molecule has 0 saturated heterocycles. The third-order valence-electron chi connectivity index (χ3n) is 4.15. The van der Waals surface area contributed by atoms with Crippen LogP contribution >= 0.6 is 0 Å². The van der Waals surface area contributed by atoms with Crippen molar-refractivity contribution in [2.75, 3.05) is 18.9 Å². The Labute approximate surface area is 115 Å². The highest BCUT2D eigenvalue weighted by Gasteiger charge is 2.22. The minimum atomic E-state index is -0.0322. The molecule has 2 N–H and O–H groups in total. The van der Waals surface area contributed by atoms with Gasteiger partial charge in [0.1, 0.15) is 0 Å². The zero-order valence-corrected chi connectivity index (χ0v) is 11.8. The highest BCUT2D eigenvalue weighted by Crippen LogP contribution is 2.28.